The van der Waals surface area contributed by atoms with Crippen LogP contribution < -0.4 is 16.0 Å². The monoisotopic (exact) mass is 290 g/mol. The largest absolute Gasteiger partial charge is 0.368 e. The molecule has 1 aromatic rings. The molecule has 0 unspecified atom stereocenters. The second-order valence-electron chi connectivity index (χ2n) is 6.43. The summed E-state index contributed by atoms with van der Waals surface area (Å²) in [5, 5.41) is 3.41. The van der Waals surface area contributed by atoms with Gasteiger partial charge in [-0.3, -0.25) is 0 Å². The van der Waals surface area contributed by atoms with Crippen LogP contribution in [0.5, 0.6) is 0 Å². The second kappa shape index (κ2) is 6.03. The van der Waals surface area contributed by atoms with Gasteiger partial charge in [-0.1, -0.05) is 19.8 Å². The van der Waals surface area contributed by atoms with Crippen molar-refractivity contribution in [1.29, 1.82) is 0 Å². The third-order valence-electron chi connectivity index (χ3n) is 5.07. The fourth-order valence-electron chi connectivity index (χ4n) is 3.57. The van der Waals surface area contributed by atoms with E-state index in [0.29, 0.717) is 17.3 Å². The quantitative estimate of drug-likeness (QED) is 0.867. The van der Waals surface area contributed by atoms with Gasteiger partial charge in [0.2, 0.25) is 17.8 Å². The highest BCUT2D eigenvalue weighted by Gasteiger charge is 2.32. The lowest BCUT2D eigenvalue weighted by atomic mass is 9.83. The number of rotatable bonds is 5. The molecule has 0 aromatic carbocycles. The summed E-state index contributed by atoms with van der Waals surface area (Å²) in [5.41, 5.74) is 6.26. The Morgan fingerprint density at radius 1 is 1.10 bits per heavy atom. The van der Waals surface area contributed by atoms with Crippen molar-refractivity contribution in [2.24, 2.45) is 5.41 Å². The summed E-state index contributed by atoms with van der Waals surface area (Å²) >= 11 is 0. The highest BCUT2D eigenvalue weighted by molar-refractivity contribution is 5.42. The molecule has 0 radical (unpaired) electrons. The predicted molar refractivity (Wildman–Crippen MR) is 85.4 cm³/mol. The molecule has 1 aliphatic heterocycles. The molecule has 0 spiro atoms. The third kappa shape index (κ3) is 3.19. The van der Waals surface area contributed by atoms with Gasteiger partial charge in [-0.05, 0) is 37.5 Å². The molecule has 6 nitrogen and oxygen atoms in total. The molecule has 0 bridgehead atoms. The van der Waals surface area contributed by atoms with Crippen LogP contribution >= 0.6 is 0 Å². The molecule has 21 heavy (non-hydrogen) atoms. The Morgan fingerprint density at radius 3 is 2.48 bits per heavy atom. The van der Waals surface area contributed by atoms with Crippen LogP contribution in [0.3, 0.4) is 0 Å². The van der Waals surface area contributed by atoms with E-state index in [1.807, 2.05) is 0 Å². The zero-order valence-electron chi connectivity index (χ0n) is 12.9. The highest BCUT2D eigenvalue weighted by atomic mass is 15.3. The molecule has 3 rings (SSSR count). The minimum atomic E-state index is 0.311. The summed E-state index contributed by atoms with van der Waals surface area (Å²) in [6.07, 6.45) is 8.90. The van der Waals surface area contributed by atoms with Crippen molar-refractivity contribution in [1.82, 2.24) is 15.0 Å². The molecule has 3 N–H and O–H groups in total. The van der Waals surface area contributed by atoms with E-state index < -0.39 is 0 Å². The zero-order valence-corrected chi connectivity index (χ0v) is 12.9. The molecule has 2 heterocycles. The minimum Gasteiger partial charge on any atom is -0.368 e. The zero-order chi connectivity index (χ0) is 14.7. The average molecular weight is 290 g/mol. The van der Waals surface area contributed by atoms with Gasteiger partial charge < -0.3 is 16.0 Å². The van der Waals surface area contributed by atoms with Crippen LogP contribution in [0.25, 0.3) is 0 Å². The van der Waals surface area contributed by atoms with E-state index in [-0.39, 0.29) is 0 Å². The van der Waals surface area contributed by atoms with Crippen LogP contribution in [0.1, 0.15) is 51.9 Å². The van der Waals surface area contributed by atoms with Gasteiger partial charge in [0.1, 0.15) is 0 Å². The predicted octanol–water partition coefficient (Wildman–Crippen LogP) is 2.44. The van der Waals surface area contributed by atoms with Crippen LogP contribution in [0.15, 0.2) is 0 Å². The second-order valence-corrected chi connectivity index (χ2v) is 6.43. The molecule has 0 amide bonds. The van der Waals surface area contributed by atoms with Crippen LogP contribution in [0, 0.1) is 5.41 Å². The first-order valence-corrected chi connectivity index (χ1v) is 8.21. The van der Waals surface area contributed by atoms with E-state index in [9.17, 15) is 0 Å². The van der Waals surface area contributed by atoms with Gasteiger partial charge in [0.15, 0.2) is 0 Å². The number of nitrogens with two attached hydrogens (primary N) is 1. The first-order chi connectivity index (χ1) is 10.2. The van der Waals surface area contributed by atoms with E-state index >= 15 is 0 Å². The number of nitrogen functional groups attached to an aromatic ring is 1. The lowest BCUT2D eigenvalue weighted by Crippen LogP contribution is -2.27. The van der Waals surface area contributed by atoms with E-state index in [1.54, 1.807) is 0 Å². The summed E-state index contributed by atoms with van der Waals surface area (Å²) in [6, 6.07) is 0. The molecule has 6 heteroatoms. The normalized spacial score (nSPS) is 20.9. The average Bonchev–Trinajstić information content (AvgIpc) is 3.17. The third-order valence-corrected chi connectivity index (χ3v) is 5.07. The fourth-order valence-corrected chi connectivity index (χ4v) is 3.57. The smallest absolute Gasteiger partial charge is 0.231 e. The maximum Gasteiger partial charge on any atom is 0.231 e. The Kier molecular flexibility index (Phi) is 4.12. The van der Waals surface area contributed by atoms with Crippen molar-refractivity contribution in [3.8, 4) is 0 Å². The van der Waals surface area contributed by atoms with Crippen LogP contribution in [0.2, 0.25) is 0 Å². The van der Waals surface area contributed by atoms with Gasteiger partial charge in [0.25, 0.3) is 0 Å². The first-order valence-electron chi connectivity index (χ1n) is 8.21. The molecular weight excluding hydrogens is 264 g/mol. The number of nitrogens with zero attached hydrogens (tertiary/aromatic N) is 4. The Morgan fingerprint density at radius 2 is 1.81 bits per heavy atom. The topological polar surface area (TPSA) is 80.0 Å². The van der Waals surface area contributed by atoms with Crippen LogP contribution in [0.4, 0.5) is 17.8 Å². The standard InChI is InChI=1S/C15H26N6/c1-2-15(7-3-4-8-15)11-17-13-18-12(16)19-14(20-13)21-9-5-6-10-21/h2-11H2,1H3,(H3,16,17,18,19,20). The van der Waals surface area contributed by atoms with E-state index in [4.69, 9.17) is 5.73 Å². The molecule has 1 aliphatic carbocycles. The summed E-state index contributed by atoms with van der Waals surface area (Å²) in [6.45, 7) is 5.25. The molecule has 116 valence electrons. The number of anilines is 3. The van der Waals surface area contributed by atoms with Crippen molar-refractivity contribution < 1.29 is 0 Å². The summed E-state index contributed by atoms with van der Waals surface area (Å²) in [5.74, 6) is 1.66. The summed E-state index contributed by atoms with van der Waals surface area (Å²) in [7, 11) is 0. The van der Waals surface area contributed by atoms with Crippen LogP contribution in [-0.4, -0.2) is 34.6 Å². The number of hydrogen-bond donors (Lipinski definition) is 2. The van der Waals surface area contributed by atoms with E-state index in [2.05, 4.69) is 32.1 Å². The van der Waals surface area contributed by atoms with Crippen LogP contribution in [-0.2, 0) is 0 Å². The highest BCUT2D eigenvalue weighted by Crippen LogP contribution is 2.40. The van der Waals surface area contributed by atoms with Crippen molar-refractivity contribution in [3.05, 3.63) is 0 Å². The summed E-state index contributed by atoms with van der Waals surface area (Å²) in [4.78, 5) is 15.3. The van der Waals surface area contributed by atoms with E-state index in [1.165, 1.54) is 44.9 Å². The number of hydrogen-bond acceptors (Lipinski definition) is 6. The Labute approximate surface area is 126 Å². The molecule has 1 saturated heterocycles. The Hall–Kier alpha value is -1.59. The van der Waals surface area contributed by atoms with E-state index in [0.717, 1.165) is 25.6 Å². The summed E-state index contributed by atoms with van der Waals surface area (Å²) < 4.78 is 0. The first kappa shape index (κ1) is 14.4. The molecule has 1 saturated carbocycles. The SMILES string of the molecule is CCC1(CNc2nc(N)nc(N3CCCC3)n2)CCCC1. The van der Waals surface area contributed by atoms with Gasteiger partial charge in [-0.2, -0.15) is 15.0 Å². The molecule has 2 aliphatic rings. The molecule has 2 fully saturated rings. The Balaban J connectivity index is 1.70. The molecule has 0 atom stereocenters. The lowest BCUT2D eigenvalue weighted by molar-refractivity contribution is 0.306. The fraction of sp³-hybridized carbons (Fsp3) is 0.800. The maximum absolute atomic E-state index is 5.85. The minimum absolute atomic E-state index is 0.311. The van der Waals surface area contributed by atoms with Crippen molar-refractivity contribution in [2.45, 2.75) is 51.9 Å². The van der Waals surface area contributed by atoms with Crippen molar-refractivity contribution >= 4 is 17.8 Å². The number of aromatic nitrogens is 3. The van der Waals surface area contributed by atoms with Gasteiger partial charge in [0, 0.05) is 19.6 Å². The van der Waals surface area contributed by atoms with Gasteiger partial charge in [0.05, 0.1) is 0 Å². The lowest BCUT2D eigenvalue weighted by Gasteiger charge is -2.27. The molecular formula is C15H26N6. The van der Waals surface area contributed by atoms with Gasteiger partial charge in [-0.15, -0.1) is 0 Å². The van der Waals surface area contributed by atoms with Crippen molar-refractivity contribution in [2.75, 3.05) is 35.6 Å². The van der Waals surface area contributed by atoms with Gasteiger partial charge >= 0.3 is 0 Å². The van der Waals surface area contributed by atoms with Crippen molar-refractivity contribution in [3.63, 3.8) is 0 Å². The Bertz CT molecular complexity index is 477. The molecule has 1 aromatic heterocycles. The number of nitrogens with one attached hydrogen (secondary N) is 1. The maximum atomic E-state index is 5.85. The van der Waals surface area contributed by atoms with Gasteiger partial charge in [-0.25, -0.2) is 0 Å².